The molecule has 16 rings (SSSR count). The molecule has 0 spiro atoms. The van der Waals surface area contributed by atoms with Crippen molar-refractivity contribution in [1.82, 2.24) is 64.7 Å². The van der Waals surface area contributed by atoms with Crippen LogP contribution in [0.2, 0.25) is 19.6 Å². The molecule has 5 aliphatic rings. The van der Waals surface area contributed by atoms with Crippen LogP contribution in [0.4, 0.5) is 28.4 Å². The van der Waals surface area contributed by atoms with Gasteiger partial charge in [-0.15, -0.1) is 15.0 Å². The molecule has 5 aliphatic heterocycles. The maximum Gasteiger partial charge on any atom is 0.203 e. The molecule has 0 saturated carbocycles. The zero-order valence-corrected chi connectivity index (χ0v) is 123. The van der Waals surface area contributed by atoms with Crippen LogP contribution in [0, 0.1) is 19.7 Å². The number of tetrazole rings is 2. The Morgan fingerprint density at radius 2 is 0.671 bits per heavy atom. The molecule has 2 fully saturated rings. The number of aliphatic imine (C=N–C) groups is 1. The van der Waals surface area contributed by atoms with Gasteiger partial charge in [0.25, 0.3) is 0 Å². The zero-order valence-electron chi connectivity index (χ0n) is 76.0. The first-order valence-electron chi connectivity index (χ1n) is 40.4. The number of halogens is 3. The van der Waals surface area contributed by atoms with Crippen molar-refractivity contribution in [3.8, 4) is 67.8 Å². The van der Waals surface area contributed by atoms with Crippen LogP contribution in [0.1, 0.15) is 69.3 Å². The molecule has 0 aliphatic carbocycles. The largest absolute Gasteiger partial charge is 0.368 e. The topological polar surface area (TPSA) is 203 Å². The number of hydrogen-bond donors (Lipinski definition) is 2. The number of hydrogen-bond acceptors (Lipinski definition) is 15. The molecule has 0 bridgehead atoms. The standard InChI is InChI=1S/C25H24N8.C19H11BrClN3.C19H11BrN6.C7H15N.C3H9N3Si.S40.S11/c1-16-12-31(13-17(2)27-16)22-8-9-23-20(10-22)15-32-14-19(18-4-6-21(26-3)7-5-18)11-24(32)25-28-29-30-33(23)25;1-22-16-5-2-12(3-6-16)13-9-18-19(21)23-17-7-4-15(20)8-14(17)11-24(18)10-13;1-21-16-5-2-12(3-6-16)13-9-18-19-22-23-24-26(19)17-7-4-15(20)8-14(17)11-25(18)10-13;1-6-4-3-5-7(2)8-6;1-7(2,3)6-5-4;1-3-5-7-9-11-13-15-17-19-21-23-25-27-29-31-33-35-37-39-40-38-36-34-32-30-28-26-24-22-20-18-16-14-12-10-8-6-4-2;1-3-5-7-9-11-10-8-6-4-2/h4-11,14,16-17,27H,12-13,15H2,1-2H3;2-10H,11H2;2-10H,11H2;6-8H,3-5H2,1-2H3;1-3H3;;/t16-,17+;;;6-,7+;;;. The second-order valence-electron chi connectivity index (χ2n) is 29.1. The van der Waals surface area contributed by atoms with Gasteiger partial charge in [0.2, 0.25) is 11.6 Å². The normalized spacial score (nSPS) is 13.6. The third-order valence-electron chi connectivity index (χ3n) is 18.5. The van der Waals surface area contributed by atoms with Crippen LogP contribution in [-0.2, 0) is 482 Å². The first-order chi connectivity index (χ1) is 72.6. The minimum atomic E-state index is -1.45. The molecule has 76 heteroatoms. The van der Waals surface area contributed by atoms with Crippen molar-refractivity contribution in [2.75, 3.05) is 18.0 Å². The Morgan fingerprint density at radius 3 is 0.980 bits per heavy atom. The smallest absolute Gasteiger partial charge is 0.203 e. The Balaban J connectivity index is 0.000000189. The Kier molecular flexibility index (Phi) is 68.9. The summed E-state index contributed by atoms with van der Waals surface area (Å²) in [6.45, 7) is 40.4. The number of piperidine rings is 1. The number of azide groups is 1. The summed E-state index contributed by atoms with van der Waals surface area (Å²) in [5.74, 6) is 1.45. The first kappa shape index (κ1) is 132. The SMILES string of the molecule is C[C@@H]1CCC[C@H](C)N1.C[Si](C)(C)N=[N+]=[N-].S=S=S=S=S=S=S=S=S=S=S.S=S=S=S=S=S=S=S=S=S=S=S=S=S=S=S=S=S=S=S=S=S=S=S=S=S=S=S=S=S=S=S=S=S=S=S=S=S=S=S.[C-]#[N+]c1ccc(-c2cc3n(c2)Cc2cc(Br)ccc2-n2nnnc2-3)cc1.[C-]#[N+]c1ccc(-c2cc3n(c2)Cc2cc(Br)ccc2N=C3Cl)cc1.[C-]#[N+]c1ccc(-c2cc3n(c2)Cc2cc(N4C[C@@H](C)N[C@@H](C)C4)ccc2-n2nnnc2-3)cc1. The van der Waals surface area contributed by atoms with Gasteiger partial charge in [0.1, 0.15) is 8.24 Å². The number of anilines is 1. The second-order valence-corrected chi connectivity index (χ2v) is 119. The molecule has 10 heterocycles. The predicted octanol–water partition coefficient (Wildman–Crippen LogP) is 18.1. The molecule has 5 aromatic heterocycles. The number of nitrogens with zero attached hydrogens (tertiary/aromatic N) is 19. The zero-order chi connectivity index (χ0) is 106. The van der Waals surface area contributed by atoms with Crippen molar-refractivity contribution >= 4 is 547 Å². The average Bonchev–Trinajstić information content (AvgIpc) is 1.61. The minimum Gasteiger partial charge on any atom is -0.368 e. The molecule has 2 saturated heterocycles. The maximum absolute atomic E-state index is 7.89. The van der Waals surface area contributed by atoms with Crippen molar-refractivity contribution < 1.29 is 0 Å². The highest BCUT2D eigenvalue weighted by atomic mass is 79.9. The van der Waals surface area contributed by atoms with Gasteiger partial charge in [0.05, 0.1) is 53.9 Å². The third-order valence-corrected chi connectivity index (χ3v) is 120. The van der Waals surface area contributed by atoms with E-state index in [4.69, 9.17) is 59.2 Å². The maximum atomic E-state index is 7.89. The molecule has 0 unspecified atom stereocenters. The fourth-order valence-electron chi connectivity index (χ4n) is 13.2. The first-order valence-corrected chi connectivity index (χ1v) is 111. The Labute approximate surface area is 1040 Å². The summed E-state index contributed by atoms with van der Waals surface area (Å²) in [6.07, 6.45) is 10.5. The number of rotatable bonds is 5. The summed E-state index contributed by atoms with van der Waals surface area (Å²) in [6, 6.07) is 50.3. The molecule has 798 valence electrons. The van der Waals surface area contributed by atoms with E-state index in [1.54, 1.807) is 173 Å². The quantitative estimate of drug-likeness (QED) is 0.0542. The summed E-state index contributed by atoms with van der Waals surface area (Å²) in [5, 5.41) is 32.5. The van der Waals surface area contributed by atoms with E-state index >= 15 is 0 Å². The molecule has 6 aromatic carbocycles. The number of aromatic nitrogens is 11. The van der Waals surface area contributed by atoms with Crippen LogP contribution < -0.4 is 15.5 Å². The van der Waals surface area contributed by atoms with E-state index in [1.165, 1.54) is 66.0 Å². The highest BCUT2D eigenvalue weighted by Gasteiger charge is 2.28. The van der Waals surface area contributed by atoms with E-state index in [1.807, 2.05) is 341 Å². The molecule has 11 aromatic rings. The van der Waals surface area contributed by atoms with Gasteiger partial charge in [-0.25, -0.2) is 19.5 Å². The molecule has 149 heavy (non-hydrogen) atoms. The lowest BCUT2D eigenvalue weighted by atomic mass is 10.0. The van der Waals surface area contributed by atoms with Gasteiger partial charge < -0.3 is 29.2 Å². The number of nitrogens with one attached hydrogen (secondary N) is 2. The highest BCUT2D eigenvalue weighted by molar-refractivity contribution is 9.11. The van der Waals surface area contributed by atoms with E-state index in [0.717, 1.165) is 138 Å². The van der Waals surface area contributed by atoms with Gasteiger partial charge in [-0.1, -0.05) is 142 Å². The van der Waals surface area contributed by atoms with E-state index in [0.29, 0.717) is 40.9 Å². The van der Waals surface area contributed by atoms with Gasteiger partial charge >= 0.3 is 0 Å². The van der Waals surface area contributed by atoms with Crippen LogP contribution in [0.15, 0.2) is 183 Å². The van der Waals surface area contributed by atoms with Crippen LogP contribution >= 0.6 is 43.5 Å². The van der Waals surface area contributed by atoms with Crippen molar-refractivity contribution in [1.29, 1.82) is 0 Å². The highest BCUT2D eigenvalue weighted by Crippen LogP contribution is 2.39. The van der Waals surface area contributed by atoms with Crippen LogP contribution in [0.25, 0.3) is 92.8 Å². The molecule has 0 radical (unpaired) electrons. The van der Waals surface area contributed by atoms with E-state index in [9.17, 15) is 0 Å². The van der Waals surface area contributed by atoms with Crippen molar-refractivity contribution in [3.63, 3.8) is 0 Å². The monoisotopic (exact) mass is 3090 g/mol. The summed E-state index contributed by atoms with van der Waals surface area (Å²) in [5.41, 5.74) is 26.6. The van der Waals surface area contributed by atoms with Crippen molar-refractivity contribution in [3.05, 3.63) is 240 Å². The molecule has 4 atom stereocenters. The summed E-state index contributed by atoms with van der Waals surface area (Å²) in [7, 11) is 80.4. The molecular weight excluding hydrogens is 3030 g/mol. The third kappa shape index (κ3) is 49.6. The minimum absolute atomic E-state index is 0.450. The predicted molar refractivity (Wildman–Crippen MR) is 774 cm³/mol. The lowest BCUT2D eigenvalue weighted by molar-refractivity contribution is 0.352. The summed E-state index contributed by atoms with van der Waals surface area (Å²) < 4.78 is 15.8. The van der Waals surface area contributed by atoms with Gasteiger partial charge in [0.15, 0.2) is 22.2 Å². The average molecular weight is 3100 g/mol. The Hall–Kier alpha value is 1.16. The van der Waals surface area contributed by atoms with Gasteiger partial charge in [-0.2, -0.15) is 9.36 Å². The van der Waals surface area contributed by atoms with E-state index < -0.39 is 8.24 Å². The van der Waals surface area contributed by atoms with Gasteiger partial charge in [0, 0.05) is 563 Å². The number of benzene rings is 6. The fraction of sp³-hybridized carbons (Fsp3) is 0.260. The molecule has 2 N–H and O–H groups in total. The van der Waals surface area contributed by atoms with Gasteiger partial charge in [-0.05, 0) is 184 Å². The lowest BCUT2D eigenvalue weighted by Gasteiger charge is -2.38. The fourth-order valence-corrected chi connectivity index (χ4v) is 133. The molecular formula is C73H70Br2ClN21S51Si. The number of fused-ring (bicyclic) bond motifs is 12. The lowest BCUT2D eigenvalue weighted by Crippen LogP contribution is -2.54. The number of piperazine rings is 1. The van der Waals surface area contributed by atoms with Crippen LogP contribution in [0.5, 0.6) is 0 Å². The van der Waals surface area contributed by atoms with Crippen molar-refractivity contribution in [2.24, 2.45) is 9.77 Å². The second kappa shape index (κ2) is 77.8. The van der Waals surface area contributed by atoms with Crippen LogP contribution in [-0.4, -0.2) is 105 Å². The van der Waals surface area contributed by atoms with Crippen molar-refractivity contribution in [2.45, 2.75) is 110 Å². The van der Waals surface area contributed by atoms with E-state index in [-0.39, 0.29) is 0 Å². The summed E-state index contributed by atoms with van der Waals surface area (Å²) >= 11 is 32.5. The van der Waals surface area contributed by atoms with Crippen LogP contribution in [0.3, 0.4) is 0 Å². The van der Waals surface area contributed by atoms with Gasteiger partial charge in [-0.3, -0.25) is 0 Å². The van der Waals surface area contributed by atoms with E-state index in [2.05, 4.69) is 232 Å². The molecule has 0 amide bonds. The Bertz CT molecular complexity index is 9260. The Morgan fingerprint density at radius 1 is 0.376 bits per heavy atom. The molecule has 21 nitrogen and oxygen atoms in total. The summed E-state index contributed by atoms with van der Waals surface area (Å²) in [4.78, 5) is 20.1.